The highest BCUT2D eigenvalue weighted by atomic mass is 32.2. The van der Waals surface area contributed by atoms with Crippen molar-refractivity contribution in [2.75, 3.05) is 19.3 Å². The Hall–Kier alpha value is -2.68. The van der Waals surface area contributed by atoms with Gasteiger partial charge in [-0.25, -0.2) is 0 Å². The van der Waals surface area contributed by atoms with Crippen LogP contribution in [0.2, 0.25) is 0 Å². The number of phenolic OH excluding ortho intramolecular Hbond substituents is 1. The minimum absolute atomic E-state index is 0.0104. The van der Waals surface area contributed by atoms with Gasteiger partial charge in [-0.15, -0.1) is 11.8 Å². The molecule has 5 aliphatic rings. The fourth-order valence-electron chi connectivity index (χ4n) is 7.40. The number of aliphatic hydroxyl groups is 2. The van der Waals surface area contributed by atoms with Crippen molar-refractivity contribution in [1.82, 2.24) is 10.2 Å². The van der Waals surface area contributed by atoms with Crippen molar-refractivity contribution in [3.05, 3.63) is 64.4 Å². The first-order valence-electron chi connectivity index (χ1n) is 13.2. The third-order valence-electron chi connectivity index (χ3n) is 9.40. The van der Waals surface area contributed by atoms with Crippen LogP contribution in [0.1, 0.15) is 42.4 Å². The smallest absolute Gasteiger partial charge is 0.251 e. The number of ether oxygens (including phenoxy) is 1. The Bertz CT molecular complexity index is 1320. The molecule has 0 aromatic heterocycles. The van der Waals surface area contributed by atoms with Gasteiger partial charge in [-0.3, -0.25) is 9.69 Å². The maximum absolute atomic E-state index is 13.5. The fraction of sp³-hybridized carbons (Fsp3) is 0.483. The molecule has 37 heavy (non-hydrogen) atoms. The number of aromatic hydroxyl groups is 1. The van der Waals surface area contributed by atoms with Gasteiger partial charge in [0.2, 0.25) is 0 Å². The number of amides is 1. The van der Waals surface area contributed by atoms with Crippen LogP contribution < -0.4 is 10.1 Å². The van der Waals surface area contributed by atoms with E-state index in [1.165, 1.54) is 12.8 Å². The van der Waals surface area contributed by atoms with Crippen LogP contribution in [0.3, 0.4) is 0 Å². The van der Waals surface area contributed by atoms with E-state index in [9.17, 15) is 20.1 Å². The van der Waals surface area contributed by atoms with Gasteiger partial charge in [0.05, 0.1) is 16.6 Å². The Morgan fingerprint density at radius 3 is 2.70 bits per heavy atom. The Labute approximate surface area is 220 Å². The predicted octanol–water partition coefficient (Wildman–Crippen LogP) is 3.42. The fourth-order valence-corrected chi connectivity index (χ4v) is 7.81. The minimum Gasteiger partial charge on any atom is -0.508 e. The SMILES string of the molecule is CSc1ccc(CNC(=O)C2=C(O)[C@@H]3Oc4c(O)ccc5c4[C@@]34CCN(CC3CC3)[C@H](C5)[C@]4(O)C2)cc1. The molecule has 2 aromatic rings. The highest BCUT2D eigenvalue weighted by Gasteiger charge is 2.73. The molecular formula is C29H32N2O5S. The van der Waals surface area contributed by atoms with E-state index in [2.05, 4.69) is 10.2 Å². The summed E-state index contributed by atoms with van der Waals surface area (Å²) in [7, 11) is 0. The quantitative estimate of drug-likeness (QED) is 0.433. The molecule has 2 aromatic carbocycles. The van der Waals surface area contributed by atoms with E-state index in [1.54, 1.807) is 17.8 Å². The summed E-state index contributed by atoms with van der Waals surface area (Å²) in [4.78, 5) is 17.0. The lowest BCUT2D eigenvalue weighted by molar-refractivity contribution is -0.172. The Morgan fingerprint density at radius 1 is 1.19 bits per heavy atom. The van der Waals surface area contributed by atoms with Crippen molar-refractivity contribution in [3.63, 3.8) is 0 Å². The molecule has 1 spiro atoms. The molecule has 8 heteroatoms. The molecule has 7 rings (SSSR count). The van der Waals surface area contributed by atoms with Crippen molar-refractivity contribution in [1.29, 1.82) is 0 Å². The number of nitrogens with zero attached hydrogens (tertiary/aromatic N) is 1. The van der Waals surface area contributed by atoms with Crippen LogP contribution in [0.15, 0.2) is 52.6 Å². The van der Waals surface area contributed by atoms with E-state index in [0.717, 1.165) is 34.7 Å². The van der Waals surface area contributed by atoms with Crippen LogP contribution in [0.4, 0.5) is 0 Å². The zero-order valence-electron chi connectivity index (χ0n) is 20.9. The normalized spacial score (nSPS) is 31.6. The van der Waals surface area contributed by atoms with Gasteiger partial charge in [0.15, 0.2) is 17.6 Å². The van der Waals surface area contributed by atoms with Crippen molar-refractivity contribution >= 4 is 17.7 Å². The molecule has 0 radical (unpaired) electrons. The molecule has 2 bridgehead atoms. The highest BCUT2D eigenvalue weighted by molar-refractivity contribution is 7.98. The Morgan fingerprint density at radius 2 is 1.97 bits per heavy atom. The summed E-state index contributed by atoms with van der Waals surface area (Å²) in [6.45, 7) is 2.05. The van der Waals surface area contributed by atoms with Gasteiger partial charge < -0.3 is 25.4 Å². The van der Waals surface area contributed by atoms with Gasteiger partial charge in [0.1, 0.15) is 5.76 Å². The number of hydrogen-bond acceptors (Lipinski definition) is 7. The first-order valence-corrected chi connectivity index (χ1v) is 14.4. The first-order chi connectivity index (χ1) is 17.9. The van der Waals surface area contributed by atoms with Crippen molar-refractivity contribution in [3.8, 4) is 11.5 Å². The van der Waals surface area contributed by atoms with Gasteiger partial charge in [0, 0.05) is 36.0 Å². The number of phenols is 1. The van der Waals surface area contributed by atoms with Crippen LogP contribution >= 0.6 is 11.8 Å². The molecule has 4 N–H and O–H groups in total. The lowest BCUT2D eigenvalue weighted by Gasteiger charge is -2.62. The molecule has 194 valence electrons. The number of benzene rings is 2. The van der Waals surface area contributed by atoms with E-state index in [0.29, 0.717) is 31.1 Å². The average Bonchev–Trinajstić information content (AvgIpc) is 3.64. The molecule has 4 atom stereocenters. The number of thioether (sulfide) groups is 1. The summed E-state index contributed by atoms with van der Waals surface area (Å²) in [6.07, 6.45) is 4.84. The topological polar surface area (TPSA) is 102 Å². The lowest BCUT2D eigenvalue weighted by atomic mass is 9.49. The van der Waals surface area contributed by atoms with Gasteiger partial charge in [-0.05, 0) is 73.7 Å². The van der Waals surface area contributed by atoms with Gasteiger partial charge in [-0.1, -0.05) is 18.2 Å². The number of likely N-dealkylation sites (tertiary alicyclic amines) is 1. The lowest BCUT2D eigenvalue weighted by Crippen LogP contribution is -2.75. The van der Waals surface area contributed by atoms with Gasteiger partial charge in [0.25, 0.3) is 5.91 Å². The zero-order valence-corrected chi connectivity index (χ0v) is 21.7. The summed E-state index contributed by atoms with van der Waals surface area (Å²) in [5, 5.41) is 37.8. The molecule has 1 saturated heterocycles. The third kappa shape index (κ3) is 3.25. The number of hydrogen-bond donors (Lipinski definition) is 4. The van der Waals surface area contributed by atoms with E-state index in [-0.39, 0.29) is 29.5 Å². The van der Waals surface area contributed by atoms with E-state index < -0.39 is 23.0 Å². The maximum atomic E-state index is 13.5. The predicted molar refractivity (Wildman–Crippen MR) is 140 cm³/mol. The second-order valence-electron chi connectivity index (χ2n) is 11.3. The van der Waals surface area contributed by atoms with Crippen LogP contribution in [-0.4, -0.2) is 63.2 Å². The number of carbonyl (C=O) groups is 1. The van der Waals surface area contributed by atoms with Crippen LogP contribution in [-0.2, 0) is 23.2 Å². The first kappa shape index (κ1) is 23.4. The summed E-state index contributed by atoms with van der Waals surface area (Å²) in [6, 6.07) is 11.4. The second-order valence-corrected chi connectivity index (χ2v) is 12.2. The molecule has 2 aliphatic heterocycles. The number of rotatable bonds is 6. The van der Waals surface area contributed by atoms with Crippen LogP contribution in [0.5, 0.6) is 11.5 Å². The molecular weight excluding hydrogens is 488 g/mol. The summed E-state index contributed by atoms with van der Waals surface area (Å²) in [5.41, 5.74) is 0.831. The molecule has 1 amide bonds. The largest absolute Gasteiger partial charge is 0.508 e. The molecule has 1 saturated carbocycles. The maximum Gasteiger partial charge on any atom is 0.251 e. The number of carbonyl (C=O) groups excluding carboxylic acids is 1. The summed E-state index contributed by atoms with van der Waals surface area (Å²) in [5.74, 6) is 0.500. The molecule has 0 unspecified atom stereocenters. The standard InChI is InChI=1S/C29H32N2O5S/c1-37-19-7-4-16(5-8-19)14-30-27(34)20-13-29(35)22-12-18-6-9-21(32)25-23(18)28(29,26(36-25)24(20)33)10-11-31(22)15-17-2-3-17/h4-9,17,22,26,32-33,35H,2-3,10-15H2,1H3,(H,30,34)/t22-,26+,28+,29-/m1/s1. The van der Waals surface area contributed by atoms with Crippen molar-refractivity contribution in [2.45, 2.75) is 66.7 Å². The van der Waals surface area contributed by atoms with E-state index in [4.69, 9.17) is 4.74 Å². The monoisotopic (exact) mass is 520 g/mol. The van der Waals surface area contributed by atoms with E-state index in [1.807, 2.05) is 36.6 Å². The summed E-state index contributed by atoms with van der Waals surface area (Å²) >= 11 is 1.66. The van der Waals surface area contributed by atoms with Crippen molar-refractivity contribution in [2.24, 2.45) is 5.92 Å². The minimum atomic E-state index is -1.30. The Kier molecular flexibility index (Phi) is 5.17. The Balaban J connectivity index is 1.27. The molecule has 2 fully saturated rings. The molecule has 7 nitrogen and oxygen atoms in total. The van der Waals surface area contributed by atoms with Crippen molar-refractivity contribution < 1.29 is 24.9 Å². The number of aliphatic hydroxyl groups excluding tert-OH is 1. The molecule has 3 aliphatic carbocycles. The summed E-state index contributed by atoms with van der Waals surface area (Å²) < 4.78 is 6.27. The van der Waals surface area contributed by atoms with E-state index >= 15 is 0 Å². The van der Waals surface area contributed by atoms with Gasteiger partial charge >= 0.3 is 0 Å². The zero-order chi connectivity index (χ0) is 25.5. The van der Waals surface area contributed by atoms with Crippen LogP contribution in [0.25, 0.3) is 0 Å². The average molecular weight is 521 g/mol. The highest BCUT2D eigenvalue weighted by Crippen LogP contribution is 2.66. The second kappa shape index (κ2) is 8.16. The number of piperidine rings is 1. The number of nitrogens with one attached hydrogen (secondary N) is 1. The third-order valence-corrected chi connectivity index (χ3v) is 10.1. The molecule has 2 heterocycles. The van der Waals surface area contributed by atoms with Gasteiger partial charge in [-0.2, -0.15) is 0 Å². The van der Waals surface area contributed by atoms with Crippen LogP contribution in [0, 0.1) is 5.92 Å².